The minimum absolute atomic E-state index is 0.278. The van der Waals surface area contributed by atoms with Crippen LogP contribution in [0.2, 0.25) is 0 Å². The number of rotatable bonds is 4. The molecule has 1 rings (SSSR count). The number of benzene rings is 1. The van der Waals surface area contributed by atoms with Gasteiger partial charge in [0.05, 0.1) is 0 Å². The van der Waals surface area contributed by atoms with Crippen molar-refractivity contribution in [3.05, 3.63) is 29.8 Å². The Balaban J connectivity index is 2.47. The Morgan fingerprint density at radius 3 is 2.29 bits per heavy atom. The molecule has 0 amide bonds. The van der Waals surface area contributed by atoms with E-state index in [1.807, 2.05) is 12.1 Å². The van der Waals surface area contributed by atoms with Crippen LogP contribution in [0.4, 0.5) is 0 Å². The second-order valence-corrected chi connectivity index (χ2v) is 5.60. The maximum atomic E-state index is 9.74. The van der Waals surface area contributed by atoms with Gasteiger partial charge in [-0.05, 0) is 29.8 Å². The molecule has 0 aliphatic heterocycles. The highest BCUT2D eigenvalue weighted by atomic mass is 31.1. The lowest BCUT2D eigenvalue weighted by Gasteiger charge is -2.12. The van der Waals surface area contributed by atoms with E-state index >= 15 is 0 Å². The predicted octanol–water partition coefficient (Wildman–Crippen LogP) is 2.94. The SMILES string of the molecule is CC(C)CP(O)Cc1ccc(O)cc1. The summed E-state index contributed by atoms with van der Waals surface area (Å²) in [4.78, 5) is 9.74. The van der Waals surface area contributed by atoms with Crippen molar-refractivity contribution in [2.24, 2.45) is 5.92 Å². The van der Waals surface area contributed by atoms with Crippen LogP contribution in [0, 0.1) is 5.92 Å². The lowest BCUT2D eigenvalue weighted by molar-refractivity contribution is 0.475. The van der Waals surface area contributed by atoms with Crippen molar-refractivity contribution >= 4 is 8.15 Å². The van der Waals surface area contributed by atoms with E-state index in [1.165, 1.54) is 0 Å². The van der Waals surface area contributed by atoms with Crippen molar-refractivity contribution in [2.75, 3.05) is 6.16 Å². The van der Waals surface area contributed by atoms with Crippen LogP contribution in [-0.2, 0) is 6.16 Å². The molecule has 2 nitrogen and oxygen atoms in total. The van der Waals surface area contributed by atoms with Crippen LogP contribution in [0.5, 0.6) is 5.75 Å². The summed E-state index contributed by atoms with van der Waals surface area (Å²) in [5.74, 6) is 0.822. The van der Waals surface area contributed by atoms with E-state index in [4.69, 9.17) is 5.11 Å². The number of phenolic OH excluding ortho intramolecular Hbond substituents is 1. The van der Waals surface area contributed by atoms with E-state index in [-0.39, 0.29) is 5.75 Å². The summed E-state index contributed by atoms with van der Waals surface area (Å²) in [6.45, 7) is 4.23. The summed E-state index contributed by atoms with van der Waals surface area (Å²) in [5.41, 5.74) is 1.09. The van der Waals surface area contributed by atoms with E-state index in [1.54, 1.807) is 12.1 Å². The molecule has 0 saturated heterocycles. The standard InChI is InChI=1S/C11H17O2P/c1-9(2)7-14(13)8-10-3-5-11(12)6-4-10/h3-6,9,12-13H,7-8H2,1-2H3. The topological polar surface area (TPSA) is 40.5 Å². The van der Waals surface area contributed by atoms with Gasteiger partial charge in [0.15, 0.2) is 0 Å². The van der Waals surface area contributed by atoms with Crippen molar-refractivity contribution in [3.8, 4) is 5.75 Å². The molecule has 0 aliphatic rings. The molecule has 1 aromatic rings. The highest BCUT2D eigenvalue weighted by Gasteiger charge is 2.07. The molecule has 0 bridgehead atoms. The fourth-order valence-corrected chi connectivity index (χ4v) is 2.90. The molecule has 0 heterocycles. The molecule has 0 spiro atoms. The van der Waals surface area contributed by atoms with Gasteiger partial charge in [-0.2, -0.15) is 0 Å². The average molecular weight is 212 g/mol. The summed E-state index contributed by atoms with van der Waals surface area (Å²) in [5, 5.41) is 9.08. The Hall–Kier alpha value is -0.590. The van der Waals surface area contributed by atoms with Gasteiger partial charge in [-0.3, -0.25) is 0 Å². The molecule has 0 fully saturated rings. The van der Waals surface area contributed by atoms with E-state index in [9.17, 15) is 4.89 Å². The fraction of sp³-hybridized carbons (Fsp3) is 0.455. The lowest BCUT2D eigenvalue weighted by Crippen LogP contribution is -1.95. The fourth-order valence-electron chi connectivity index (χ4n) is 1.30. The first-order valence-electron chi connectivity index (χ1n) is 4.79. The monoisotopic (exact) mass is 212 g/mol. The molecular formula is C11H17O2P. The molecule has 0 aromatic heterocycles. The van der Waals surface area contributed by atoms with E-state index < -0.39 is 8.15 Å². The van der Waals surface area contributed by atoms with Crippen LogP contribution in [0.15, 0.2) is 24.3 Å². The third-order valence-corrected chi connectivity index (χ3v) is 3.76. The maximum Gasteiger partial charge on any atom is 0.115 e. The van der Waals surface area contributed by atoms with Crippen LogP contribution >= 0.6 is 8.15 Å². The molecule has 0 radical (unpaired) electrons. The summed E-state index contributed by atoms with van der Waals surface area (Å²) in [6.07, 6.45) is 1.62. The number of hydrogen-bond acceptors (Lipinski definition) is 2. The molecule has 1 atom stereocenters. The van der Waals surface area contributed by atoms with Crippen molar-refractivity contribution in [2.45, 2.75) is 20.0 Å². The third kappa shape index (κ3) is 4.08. The van der Waals surface area contributed by atoms with Crippen molar-refractivity contribution in [1.29, 1.82) is 0 Å². The van der Waals surface area contributed by atoms with Crippen LogP contribution in [0.1, 0.15) is 19.4 Å². The predicted molar refractivity (Wildman–Crippen MR) is 60.7 cm³/mol. The highest BCUT2D eigenvalue weighted by molar-refractivity contribution is 7.50. The molecule has 2 N–H and O–H groups in total. The minimum Gasteiger partial charge on any atom is -0.508 e. The van der Waals surface area contributed by atoms with Gasteiger partial charge in [0.1, 0.15) is 5.75 Å². The van der Waals surface area contributed by atoms with E-state index in [0.29, 0.717) is 5.92 Å². The normalized spacial score (nSPS) is 13.1. The summed E-state index contributed by atoms with van der Waals surface area (Å²) in [6, 6.07) is 7.05. The Kier molecular flexibility index (Phi) is 4.37. The molecule has 0 saturated carbocycles. The summed E-state index contributed by atoms with van der Waals surface area (Å²) >= 11 is 0. The molecular weight excluding hydrogens is 195 g/mol. The number of aromatic hydroxyl groups is 1. The molecule has 78 valence electrons. The highest BCUT2D eigenvalue weighted by Crippen LogP contribution is 2.36. The zero-order valence-electron chi connectivity index (χ0n) is 8.64. The summed E-state index contributed by atoms with van der Waals surface area (Å²) in [7, 11) is -0.888. The first-order chi connectivity index (χ1) is 6.58. The van der Waals surface area contributed by atoms with Gasteiger partial charge >= 0.3 is 0 Å². The second kappa shape index (κ2) is 5.33. The van der Waals surface area contributed by atoms with E-state index in [0.717, 1.165) is 17.9 Å². The maximum absolute atomic E-state index is 9.74. The summed E-state index contributed by atoms with van der Waals surface area (Å²) < 4.78 is 0. The van der Waals surface area contributed by atoms with Gasteiger partial charge in [-0.15, -0.1) is 0 Å². The van der Waals surface area contributed by atoms with Crippen LogP contribution in [0.3, 0.4) is 0 Å². The average Bonchev–Trinajstić information content (AvgIpc) is 2.07. The van der Waals surface area contributed by atoms with Crippen molar-refractivity contribution in [3.63, 3.8) is 0 Å². The third-order valence-electron chi connectivity index (χ3n) is 1.88. The number of phenols is 1. The van der Waals surface area contributed by atoms with Gasteiger partial charge in [-0.25, -0.2) is 0 Å². The van der Waals surface area contributed by atoms with Gasteiger partial charge in [-0.1, -0.05) is 26.0 Å². The van der Waals surface area contributed by atoms with Crippen LogP contribution in [0.25, 0.3) is 0 Å². The van der Waals surface area contributed by atoms with Crippen molar-refractivity contribution < 1.29 is 10.00 Å². The Morgan fingerprint density at radius 2 is 1.79 bits per heavy atom. The minimum atomic E-state index is -0.888. The van der Waals surface area contributed by atoms with Gasteiger partial charge in [0.2, 0.25) is 0 Å². The first-order valence-corrected chi connectivity index (χ1v) is 6.46. The number of hydrogen-bond donors (Lipinski definition) is 2. The van der Waals surface area contributed by atoms with Gasteiger partial charge in [0.25, 0.3) is 0 Å². The molecule has 14 heavy (non-hydrogen) atoms. The molecule has 1 unspecified atom stereocenters. The molecule has 3 heteroatoms. The Labute approximate surface area is 86.4 Å². The zero-order valence-corrected chi connectivity index (χ0v) is 9.54. The van der Waals surface area contributed by atoms with Crippen LogP contribution < -0.4 is 0 Å². The first kappa shape index (κ1) is 11.5. The van der Waals surface area contributed by atoms with E-state index in [2.05, 4.69) is 13.8 Å². The van der Waals surface area contributed by atoms with Gasteiger partial charge in [0, 0.05) is 14.3 Å². The largest absolute Gasteiger partial charge is 0.508 e. The lowest BCUT2D eigenvalue weighted by atomic mass is 10.2. The smallest absolute Gasteiger partial charge is 0.115 e. The second-order valence-electron chi connectivity index (χ2n) is 3.91. The Bertz CT molecular complexity index is 269. The Morgan fingerprint density at radius 1 is 1.21 bits per heavy atom. The molecule has 1 aromatic carbocycles. The van der Waals surface area contributed by atoms with Gasteiger partial charge < -0.3 is 10.00 Å². The van der Waals surface area contributed by atoms with Crippen molar-refractivity contribution in [1.82, 2.24) is 0 Å². The zero-order chi connectivity index (χ0) is 10.6. The molecule has 0 aliphatic carbocycles. The quantitative estimate of drug-likeness (QED) is 0.753. The van der Waals surface area contributed by atoms with Crippen LogP contribution in [-0.4, -0.2) is 16.2 Å².